The Balaban J connectivity index is 2.99. The monoisotopic (exact) mass is 346 g/mol. The van der Waals surface area contributed by atoms with Gasteiger partial charge >= 0.3 is 8.80 Å². The molecular formula is C14H23BrO3Si. The van der Waals surface area contributed by atoms with Gasteiger partial charge in [-0.05, 0) is 12.0 Å². The summed E-state index contributed by atoms with van der Waals surface area (Å²) in [6.07, 6.45) is 1.04. The van der Waals surface area contributed by atoms with Gasteiger partial charge in [-0.15, -0.1) is 0 Å². The van der Waals surface area contributed by atoms with Crippen LogP contribution >= 0.6 is 15.9 Å². The summed E-state index contributed by atoms with van der Waals surface area (Å²) in [6.45, 7) is 2.17. The van der Waals surface area contributed by atoms with Crippen LogP contribution in [0.4, 0.5) is 0 Å². The van der Waals surface area contributed by atoms with E-state index in [2.05, 4.69) is 47.1 Å². The Hall–Kier alpha value is -0.203. The highest BCUT2D eigenvalue weighted by Gasteiger charge is 2.42. The molecule has 5 heteroatoms. The Morgan fingerprint density at radius 3 is 2.00 bits per heavy atom. The van der Waals surface area contributed by atoms with Gasteiger partial charge in [0.2, 0.25) is 0 Å². The highest BCUT2D eigenvalue weighted by Crippen LogP contribution is 2.35. The second kappa shape index (κ2) is 8.17. The number of hydrogen-bond acceptors (Lipinski definition) is 3. The van der Waals surface area contributed by atoms with E-state index in [1.54, 1.807) is 21.3 Å². The highest BCUT2D eigenvalue weighted by atomic mass is 79.9. The Bertz CT molecular complexity index is 349. The molecule has 0 amide bonds. The maximum atomic E-state index is 5.56. The number of halogens is 1. The maximum Gasteiger partial charge on any atom is 0.500 e. The van der Waals surface area contributed by atoms with E-state index in [0.717, 1.165) is 12.5 Å². The largest absolute Gasteiger partial charge is 0.500 e. The average Bonchev–Trinajstić information content (AvgIpc) is 2.49. The van der Waals surface area contributed by atoms with Crippen LogP contribution in [0, 0.1) is 0 Å². The summed E-state index contributed by atoms with van der Waals surface area (Å²) in [4.78, 5) is 0.377. The zero-order valence-corrected chi connectivity index (χ0v) is 14.6. The van der Waals surface area contributed by atoms with Gasteiger partial charge in [-0.3, -0.25) is 0 Å². The van der Waals surface area contributed by atoms with Crippen LogP contribution in [-0.4, -0.2) is 35.0 Å². The second-order valence-electron chi connectivity index (χ2n) is 4.44. The third-order valence-electron chi connectivity index (χ3n) is 3.46. The molecule has 108 valence electrons. The molecule has 0 aliphatic rings. The highest BCUT2D eigenvalue weighted by molar-refractivity contribution is 9.09. The van der Waals surface area contributed by atoms with Gasteiger partial charge in [0.05, 0.1) is 0 Å². The first-order chi connectivity index (χ1) is 9.12. The lowest BCUT2D eigenvalue weighted by Gasteiger charge is -2.31. The van der Waals surface area contributed by atoms with Crippen LogP contribution < -0.4 is 0 Å². The van der Waals surface area contributed by atoms with E-state index in [9.17, 15) is 0 Å². The van der Waals surface area contributed by atoms with E-state index in [1.165, 1.54) is 5.56 Å². The molecular weight excluding hydrogens is 324 g/mol. The van der Waals surface area contributed by atoms with E-state index < -0.39 is 8.80 Å². The van der Waals surface area contributed by atoms with Crippen molar-refractivity contribution in [2.45, 2.75) is 30.1 Å². The molecule has 0 saturated heterocycles. The first-order valence-corrected chi connectivity index (χ1v) is 9.31. The van der Waals surface area contributed by atoms with E-state index in [0.29, 0.717) is 10.7 Å². The quantitative estimate of drug-likeness (QED) is 0.529. The SMILES string of the molecule is CCC(Br)C(C[Si](OC)(OC)OC)c1ccccc1. The van der Waals surface area contributed by atoms with Gasteiger partial charge in [-0.1, -0.05) is 53.2 Å². The summed E-state index contributed by atoms with van der Waals surface area (Å²) in [5.74, 6) is 0.317. The van der Waals surface area contributed by atoms with Crippen molar-refractivity contribution < 1.29 is 13.3 Å². The van der Waals surface area contributed by atoms with E-state index in [-0.39, 0.29) is 0 Å². The fourth-order valence-electron chi connectivity index (χ4n) is 2.21. The summed E-state index contributed by atoms with van der Waals surface area (Å²) in [6, 6.07) is 11.2. The molecule has 0 aliphatic heterocycles. The second-order valence-corrected chi connectivity index (χ2v) is 8.62. The van der Waals surface area contributed by atoms with Gasteiger partial charge in [0.25, 0.3) is 0 Å². The number of alkyl halides is 1. The predicted octanol–water partition coefficient (Wildman–Crippen LogP) is 3.82. The topological polar surface area (TPSA) is 27.7 Å². The van der Waals surface area contributed by atoms with Crippen LogP contribution in [0.1, 0.15) is 24.8 Å². The lowest BCUT2D eigenvalue weighted by atomic mass is 9.96. The normalized spacial score (nSPS) is 15.2. The predicted molar refractivity (Wildman–Crippen MR) is 83.8 cm³/mol. The zero-order valence-electron chi connectivity index (χ0n) is 12.1. The minimum Gasteiger partial charge on any atom is -0.377 e. The van der Waals surface area contributed by atoms with Gasteiger partial charge in [0.1, 0.15) is 0 Å². The molecule has 19 heavy (non-hydrogen) atoms. The van der Waals surface area contributed by atoms with Gasteiger partial charge in [0.15, 0.2) is 0 Å². The zero-order chi connectivity index (χ0) is 14.3. The summed E-state index contributed by atoms with van der Waals surface area (Å²) in [5, 5.41) is 0. The van der Waals surface area contributed by atoms with Gasteiger partial charge < -0.3 is 13.3 Å². The average molecular weight is 347 g/mol. The van der Waals surface area contributed by atoms with Crippen molar-refractivity contribution in [2.75, 3.05) is 21.3 Å². The smallest absolute Gasteiger partial charge is 0.377 e. The molecule has 2 unspecified atom stereocenters. The molecule has 0 aromatic heterocycles. The molecule has 3 nitrogen and oxygen atoms in total. The summed E-state index contributed by atoms with van der Waals surface area (Å²) in [5.41, 5.74) is 1.29. The molecule has 0 fully saturated rings. The Morgan fingerprint density at radius 1 is 1.05 bits per heavy atom. The molecule has 1 rings (SSSR count). The van der Waals surface area contributed by atoms with Crippen molar-refractivity contribution >= 4 is 24.7 Å². The third-order valence-corrected chi connectivity index (χ3v) is 7.55. The van der Waals surface area contributed by atoms with Crippen molar-refractivity contribution in [3.05, 3.63) is 35.9 Å². The van der Waals surface area contributed by atoms with Crippen LogP contribution in [0.5, 0.6) is 0 Å². The number of hydrogen-bond donors (Lipinski definition) is 0. The summed E-state index contributed by atoms with van der Waals surface area (Å²) >= 11 is 3.78. The van der Waals surface area contributed by atoms with Crippen LogP contribution in [0.3, 0.4) is 0 Å². The van der Waals surface area contributed by atoms with Crippen molar-refractivity contribution in [2.24, 2.45) is 0 Å². The minimum atomic E-state index is -2.57. The lowest BCUT2D eigenvalue weighted by Crippen LogP contribution is -2.45. The molecule has 1 aromatic carbocycles. The van der Waals surface area contributed by atoms with E-state index >= 15 is 0 Å². The minimum absolute atomic E-state index is 0.317. The molecule has 0 saturated carbocycles. The Labute approximate surface area is 125 Å². The lowest BCUT2D eigenvalue weighted by molar-refractivity contribution is 0.121. The van der Waals surface area contributed by atoms with Crippen LogP contribution in [0.25, 0.3) is 0 Å². The molecule has 0 aliphatic carbocycles. The molecule has 2 atom stereocenters. The van der Waals surface area contributed by atoms with Gasteiger partial charge in [0, 0.05) is 38.1 Å². The van der Waals surface area contributed by atoms with Crippen molar-refractivity contribution in [3.8, 4) is 0 Å². The fourth-order valence-corrected chi connectivity index (χ4v) is 5.10. The number of rotatable bonds is 8. The van der Waals surface area contributed by atoms with E-state index in [4.69, 9.17) is 13.3 Å². The molecule has 0 spiro atoms. The molecule has 0 heterocycles. The molecule has 0 bridgehead atoms. The van der Waals surface area contributed by atoms with Gasteiger partial charge in [-0.25, -0.2) is 0 Å². The third kappa shape index (κ3) is 4.39. The van der Waals surface area contributed by atoms with Crippen molar-refractivity contribution in [1.29, 1.82) is 0 Å². The Kier molecular flexibility index (Phi) is 7.24. The van der Waals surface area contributed by atoms with E-state index in [1.807, 2.05) is 6.07 Å². The maximum absolute atomic E-state index is 5.56. The summed E-state index contributed by atoms with van der Waals surface area (Å²) in [7, 11) is 2.42. The van der Waals surface area contributed by atoms with Crippen LogP contribution in [-0.2, 0) is 13.3 Å². The van der Waals surface area contributed by atoms with Crippen LogP contribution in [0.2, 0.25) is 6.04 Å². The first kappa shape index (κ1) is 16.9. The standard InChI is InChI=1S/C14H23BrO3Si/c1-5-14(15)13(12-9-7-6-8-10-12)11-19(16-2,17-3)18-4/h6-10,13-14H,5,11H2,1-4H3. The summed E-state index contributed by atoms with van der Waals surface area (Å²) < 4.78 is 16.7. The molecule has 1 aromatic rings. The first-order valence-electron chi connectivity index (χ1n) is 6.47. The number of benzene rings is 1. The van der Waals surface area contributed by atoms with Gasteiger partial charge in [-0.2, -0.15) is 0 Å². The van der Waals surface area contributed by atoms with Crippen molar-refractivity contribution in [1.82, 2.24) is 0 Å². The Morgan fingerprint density at radius 2 is 1.58 bits per heavy atom. The molecule has 0 radical (unpaired) electrons. The fraction of sp³-hybridized carbons (Fsp3) is 0.571. The van der Waals surface area contributed by atoms with Crippen LogP contribution in [0.15, 0.2) is 30.3 Å². The molecule has 0 N–H and O–H groups in total. The van der Waals surface area contributed by atoms with Crippen molar-refractivity contribution in [3.63, 3.8) is 0 Å².